The summed E-state index contributed by atoms with van der Waals surface area (Å²) in [4.78, 5) is 20.7. The highest BCUT2D eigenvalue weighted by Crippen LogP contribution is 2.55. The van der Waals surface area contributed by atoms with Crippen molar-refractivity contribution in [1.29, 1.82) is 0 Å². The minimum atomic E-state index is -0.259. The lowest BCUT2D eigenvalue weighted by atomic mass is 9.93. The Kier molecular flexibility index (Phi) is 3.60. The molecule has 2 aliphatic carbocycles. The summed E-state index contributed by atoms with van der Waals surface area (Å²) >= 11 is 6.19. The average molecular weight is 370 g/mol. The van der Waals surface area contributed by atoms with Crippen molar-refractivity contribution < 1.29 is 13.9 Å². The number of carbonyl (C=O) groups is 1. The molecule has 0 radical (unpaired) electrons. The van der Waals surface area contributed by atoms with E-state index in [0.717, 1.165) is 17.7 Å². The first-order valence-electron chi connectivity index (χ1n) is 8.60. The first-order valence-corrected chi connectivity index (χ1v) is 8.98. The van der Waals surface area contributed by atoms with E-state index in [1.165, 1.54) is 12.7 Å². The Bertz CT molecular complexity index is 1000. The van der Waals surface area contributed by atoms with Crippen LogP contribution in [0.2, 0.25) is 5.02 Å². The molecule has 6 nitrogen and oxygen atoms in total. The quantitative estimate of drug-likeness (QED) is 0.743. The van der Waals surface area contributed by atoms with Crippen LogP contribution in [0.15, 0.2) is 41.1 Å². The second-order valence-electron chi connectivity index (χ2n) is 6.85. The van der Waals surface area contributed by atoms with E-state index >= 15 is 0 Å². The smallest absolute Gasteiger partial charge is 0.307 e. The van der Waals surface area contributed by atoms with E-state index in [0.29, 0.717) is 27.9 Å². The maximum Gasteiger partial charge on any atom is 0.307 e. The fourth-order valence-corrected chi connectivity index (χ4v) is 3.81. The molecular weight excluding hydrogens is 354 g/mol. The molecule has 5 rings (SSSR count). The van der Waals surface area contributed by atoms with Crippen molar-refractivity contribution in [2.75, 3.05) is 0 Å². The summed E-state index contributed by atoms with van der Waals surface area (Å²) in [5, 5.41) is 4.43. The number of rotatable bonds is 5. The largest absolute Gasteiger partial charge is 0.485 e. The van der Waals surface area contributed by atoms with E-state index in [2.05, 4.69) is 15.3 Å². The predicted molar refractivity (Wildman–Crippen MR) is 95.1 cm³/mol. The van der Waals surface area contributed by atoms with Crippen LogP contribution >= 0.6 is 11.6 Å². The summed E-state index contributed by atoms with van der Waals surface area (Å²) in [6.07, 6.45) is 5.44. The predicted octanol–water partition coefficient (Wildman–Crippen LogP) is 3.59. The topological polar surface area (TPSA) is 77.2 Å². The number of ether oxygens (including phenoxy) is 1. The van der Waals surface area contributed by atoms with Gasteiger partial charge in [0, 0.05) is 17.6 Å². The van der Waals surface area contributed by atoms with Gasteiger partial charge in [-0.15, -0.1) is 0 Å². The highest BCUT2D eigenvalue weighted by Gasteiger charge is 2.54. The molecule has 0 aliphatic heterocycles. The number of aromatic nitrogens is 2. The first-order chi connectivity index (χ1) is 12.7. The summed E-state index contributed by atoms with van der Waals surface area (Å²) in [6, 6.07) is 7.54. The molecule has 1 N–H and O–H groups in total. The summed E-state index contributed by atoms with van der Waals surface area (Å²) < 4.78 is 11.1. The zero-order valence-electron chi connectivity index (χ0n) is 13.8. The summed E-state index contributed by atoms with van der Waals surface area (Å²) in [6.45, 7) is 0.179. The van der Waals surface area contributed by atoms with E-state index in [-0.39, 0.29) is 24.4 Å². The second-order valence-corrected chi connectivity index (χ2v) is 7.26. The lowest BCUT2D eigenvalue weighted by Crippen LogP contribution is -2.42. The maximum atomic E-state index is 12.2. The van der Waals surface area contributed by atoms with Gasteiger partial charge in [0.1, 0.15) is 29.8 Å². The third kappa shape index (κ3) is 2.70. The molecule has 2 aliphatic rings. The number of carbonyl (C=O) groups excluding carboxylic acids is 1. The number of hydrogen-bond acceptors (Lipinski definition) is 5. The van der Waals surface area contributed by atoms with E-state index in [1.54, 1.807) is 18.3 Å². The SMILES string of the molecule is O=C(N[C@H]1CC2CC21)c1nc(COc2ccc(Cl)c3cccnc23)co1. The van der Waals surface area contributed by atoms with Crippen LogP contribution in [-0.4, -0.2) is 21.9 Å². The maximum absolute atomic E-state index is 12.2. The molecule has 26 heavy (non-hydrogen) atoms. The summed E-state index contributed by atoms with van der Waals surface area (Å²) in [7, 11) is 0. The fourth-order valence-electron chi connectivity index (χ4n) is 3.59. The molecule has 0 bridgehead atoms. The number of hydrogen-bond donors (Lipinski definition) is 1. The van der Waals surface area contributed by atoms with Gasteiger partial charge >= 0.3 is 5.91 Å². The van der Waals surface area contributed by atoms with Gasteiger partial charge in [-0.1, -0.05) is 11.6 Å². The van der Waals surface area contributed by atoms with Crippen molar-refractivity contribution in [3.05, 3.63) is 53.3 Å². The van der Waals surface area contributed by atoms with Gasteiger partial charge in [0.2, 0.25) is 0 Å². The van der Waals surface area contributed by atoms with Gasteiger partial charge in [0.25, 0.3) is 5.89 Å². The molecule has 1 amide bonds. The van der Waals surface area contributed by atoms with Gasteiger partial charge in [0.15, 0.2) is 0 Å². The van der Waals surface area contributed by atoms with Gasteiger partial charge in [0.05, 0.1) is 5.02 Å². The number of fused-ring (bicyclic) bond motifs is 2. The minimum Gasteiger partial charge on any atom is -0.485 e. The van der Waals surface area contributed by atoms with Gasteiger partial charge in [-0.2, -0.15) is 0 Å². The Balaban J connectivity index is 1.27. The molecule has 0 saturated heterocycles. The molecule has 3 atom stereocenters. The van der Waals surface area contributed by atoms with Gasteiger partial charge in [-0.05, 0) is 48.9 Å². The van der Waals surface area contributed by atoms with Crippen molar-refractivity contribution in [3.8, 4) is 5.75 Å². The fraction of sp³-hybridized carbons (Fsp3) is 0.316. The van der Waals surface area contributed by atoms with Crippen LogP contribution in [0.3, 0.4) is 0 Å². The van der Waals surface area contributed by atoms with Crippen LogP contribution in [0.5, 0.6) is 5.75 Å². The van der Waals surface area contributed by atoms with Crippen LogP contribution in [0.1, 0.15) is 29.2 Å². The third-order valence-corrected chi connectivity index (χ3v) is 5.50. The Morgan fingerprint density at radius 3 is 3.08 bits per heavy atom. The van der Waals surface area contributed by atoms with E-state index in [4.69, 9.17) is 20.8 Å². The molecule has 2 heterocycles. The Labute approximate surface area is 154 Å². The molecule has 2 fully saturated rings. The first kappa shape index (κ1) is 15.6. The van der Waals surface area contributed by atoms with Crippen molar-refractivity contribution in [2.45, 2.75) is 25.5 Å². The lowest BCUT2D eigenvalue weighted by Gasteiger charge is -2.24. The second kappa shape index (κ2) is 5.99. The van der Waals surface area contributed by atoms with Crippen LogP contribution < -0.4 is 10.1 Å². The highest BCUT2D eigenvalue weighted by atomic mass is 35.5. The molecule has 1 aromatic carbocycles. The zero-order chi connectivity index (χ0) is 17.7. The van der Waals surface area contributed by atoms with Crippen LogP contribution in [0, 0.1) is 11.8 Å². The van der Waals surface area contributed by atoms with Crippen molar-refractivity contribution in [2.24, 2.45) is 11.8 Å². The minimum absolute atomic E-state index is 0.0757. The van der Waals surface area contributed by atoms with Crippen molar-refractivity contribution >= 4 is 28.4 Å². The summed E-state index contributed by atoms with van der Waals surface area (Å²) in [5.41, 5.74) is 1.23. The molecule has 2 unspecified atom stereocenters. The normalized spacial score (nSPS) is 23.2. The van der Waals surface area contributed by atoms with Gasteiger partial charge in [-0.25, -0.2) is 4.98 Å². The number of nitrogens with one attached hydrogen (secondary N) is 1. The summed E-state index contributed by atoms with van der Waals surface area (Å²) in [5.74, 6) is 1.92. The van der Waals surface area contributed by atoms with Crippen LogP contribution in [0.25, 0.3) is 10.9 Å². The monoisotopic (exact) mass is 369 g/mol. The molecule has 2 saturated carbocycles. The molecule has 0 spiro atoms. The van der Waals surface area contributed by atoms with Crippen LogP contribution in [-0.2, 0) is 6.61 Å². The Morgan fingerprint density at radius 1 is 1.35 bits per heavy atom. The third-order valence-electron chi connectivity index (χ3n) is 5.17. The standard InChI is InChI=1S/C19H16ClN3O3/c20-14-3-4-16(17-12(14)2-1-5-21-17)25-8-11-9-26-19(22-11)18(24)23-15-7-10-6-13(10)15/h1-5,9-10,13,15H,6-8H2,(H,23,24)/t10?,13?,15-/m0/s1. The molecular formula is C19H16ClN3O3. The number of halogens is 1. The van der Waals surface area contributed by atoms with Crippen molar-refractivity contribution in [1.82, 2.24) is 15.3 Å². The number of oxazole rings is 1. The molecule has 132 valence electrons. The Hall–Kier alpha value is -2.60. The van der Waals surface area contributed by atoms with E-state index < -0.39 is 0 Å². The number of nitrogens with zero attached hydrogens (tertiary/aromatic N) is 2. The molecule has 3 aromatic rings. The number of benzene rings is 1. The Morgan fingerprint density at radius 2 is 2.27 bits per heavy atom. The van der Waals surface area contributed by atoms with Crippen LogP contribution in [0.4, 0.5) is 0 Å². The lowest BCUT2D eigenvalue weighted by molar-refractivity contribution is 0.0876. The number of amides is 1. The van der Waals surface area contributed by atoms with Gasteiger partial charge in [-0.3, -0.25) is 9.78 Å². The van der Waals surface area contributed by atoms with Crippen molar-refractivity contribution in [3.63, 3.8) is 0 Å². The van der Waals surface area contributed by atoms with E-state index in [1.807, 2.05) is 12.1 Å². The highest BCUT2D eigenvalue weighted by molar-refractivity contribution is 6.35. The number of pyridine rings is 1. The van der Waals surface area contributed by atoms with E-state index in [9.17, 15) is 4.79 Å². The molecule has 2 aromatic heterocycles. The average Bonchev–Trinajstić information content (AvgIpc) is 3.08. The van der Waals surface area contributed by atoms with Gasteiger partial charge < -0.3 is 14.5 Å². The molecule has 7 heteroatoms. The zero-order valence-corrected chi connectivity index (χ0v) is 14.6.